The molecule has 0 aliphatic carbocycles. The maximum absolute atomic E-state index is 12.3. The van der Waals surface area contributed by atoms with E-state index in [1.165, 1.54) is 0 Å². The van der Waals surface area contributed by atoms with Crippen molar-refractivity contribution in [3.05, 3.63) is 108 Å². The van der Waals surface area contributed by atoms with Crippen LogP contribution in [0.1, 0.15) is 63.3 Å². The van der Waals surface area contributed by atoms with Crippen molar-refractivity contribution in [3.8, 4) is 0 Å². The first-order chi connectivity index (χ1) is 20.0. The largest absolute Gasteiger partial charge is 0.461 e. The number of carbonyl (C=O) groups is 3. The van der Waals surface area contributed by atoms with Gasteiger partial charge in [0.1, 0.15) is 12.7 Å². The molecular weight excluding hydrogens is 538 g/mol. The van der Waals surface area contributed by atoms with Gasteiger partial charge in [0, 0.05) is 5.92 Å². The molecule has 0 aliphatic rings. The summed E-state index contributed by atoms with van der Waals surface area (Å²) < 4.78 is 15.2. The summed E-state index contributed by atoms with van der Waals surface area (Å²) in [4.78, 5) is 35.9. The van der Waals surface area contributed by atoms with E-state index in [9.17, 15) is 24.6 Å². The van der Waals surface area contributed by atoms with E-state index in [2.05, 4.69) is 5.32 Å². The first-order valence-electron chi connectivity index (χ1n) is 13.8. The molecule has 9 heteroatoms. The van der Waals surface area contributed by atoms with E-state index >= 15 is 0 Å². The zero-order valence-electron chi connectivity index (χ0n) is 24.7. The molecule has 0 radical (unpaired) electrons. The average Bonchev–Trinajstić information content (AvgIpc) is 2.98. The molecule has 42 heavy (non-hydrogen) atoms. The van der Waals surface area contributed by atoms with Crippen LogP contribution in [0.2, 0.25) is 0 Å². The van der Waals surface area contributed by atoms with E-state index in [-0.39, 0.29) is 24.7 Å². The van der Waals surface area contributed by atoms with Crippen LogP contribution in [-0.2, 0) is 30.4 Å². The highest BCUT2D eigenvalue weighted by Gasteiger charge is 2.32. The lowest BCUT2D eigenvalue weighted by atomic mass is 9.95. The first-order valence-corrected chi connectivity index (χ1v) is 13.8. The predicted octanol–water partition coefficient (Wildman–Crippen LogP) is 5.07. The second-order valence-electron chi connectivity index (χ2n) is 10.2. The van der Waals surface area contributed by atoms with Crippen molar-refractivity contribution in [2.45, 2.75) is 77.6 Å². The van der Waals surface area contributed by atoms with Crippen molar-refractivity contribution in [2.24, 2.45) is 0 Å². The number of benzene rings is 3. The number of hydrogen-bond donors (Lipinski definition) is 3. The minimum absolute atomic E-state index is 0.0556. The number of aliphatic hydroxyl groups is 2. The number of aliphatic hydroxyl groups excluding tert-OH is 2. The summed E-state index contributed by atoms with van der Waals surface area (Å²) in [6.45, 7) is 8.77. The van der Waals surface area contributed by atoms with Crippen LogP contribution < -0.4 is 5.32 Å². The van der Waals surface area contributed by atoms with Crippen LogP contribution in [0.3, 0.4) is 0 Å². The van der Waals surface area contributed by atoms with Gasteiger partial charge in [-0.2, -0.15) is 0 Å². The number of amides is 1. The number of alkyl carbamates (subject to hydrolysis) is 1. The summed E-state index contributed by atoms with van der Waals surface area (Å²) in [5.41, 5.74) is 2.23. The van der Waals surface area contributed by atoms with Gasteiger partial charge in [-0.3, -0.25) is 0 Å². The van der Waals surface area contributed by atoms with Crippen LogP contribution in [0.15, 0.2) is 91.0 Å². The molecule has 1 amide bonds. The number of ether oxygens (including phenoxy) is 3. The normalized spacial score (nSPS) is 13.5. The third-order valence-electron chi connectivity index (χ3n) is 5.94. The molecule has 0 fully saturated rings. The quantitative estimate of drug-likeness (QED) is 0.212. The standard InChI is InChI=1S/C20H23NO5.C13H18O3/c1-14(2)26-19(23)17(18(22)16-11-7-4-8-12-16)21-20(24)25-13-15-9-5-3-6-10-15;1-9(2)16-13(15)12(14)10(3)11-7-5-4-6-8-11/h3-12,14,17-18,22H,13H2,1-2H3,(H,21,24);4-10,12,14H,1-3H3/t17-,18+;10-,12+/m01/s1. The molecular formula is C33H41NO8. The van der Waals surface area contributed by atoms with Gasteiger partial charge in [-0.05, 0) is 44.4 Å². The third-order valence-corrected chi connectivity index (χ3v) is 5.94. The zero-order chi connectivity index (χ0) is 31.1. The molecule has 0 spiro atoms. The van der Waals surface area contributed by atoms with E-state index in [1.54, 1.807) is 58.0 Å². The van der Waals surface area contributed by atoms with Crippen molar-refractivity contribution in [2.75, 3.05) is 0 Å². The summed E-state index contributed by atoms with van der Waals surface area (Å²) in [5, 5.41) is 22.7. The Kier molecular flexibility index (Phi) is 14.2. The second kappa shape index (κ2) is 17.6. The van der Waals surface area contributed by atoms with E-state index in [4.69, 9.17) is 14.2 Å². The number of rotatable bonds is 11. The lowest BCUT2D eigenvalue weighted by Gasteiger charge is -2.23. The molecule has 0 aromatic heterocycles. The van der Waals surface area contributed by atoms with Gasteiger partial charge in [0.05, 0.1) is 12.2 Å². The zero-order valence-corrected chi connectivity index (χ0v) is 24.7. The molecule has 3 aromatic carbocycles. The fourth-order valence-corrected chi connectivity index (χ4v) is 3.75. The van der Waals surface area contributed by atoms with E-state index in [1.807, 2.05) is 67.6 Å². The van der Waals surface area contributed by atoms with Crippen molar-refractivity contribution >= 4 is 18.0 Å². The molecule has 3 rings (SSSR count). The fourth-order valence-electron chi connectivity index (χ4n) is 3.75. The van der Waals surface area contributed by atoms with Gasteiger partial charge >= 0.3 is 18.0 Å². The van der Waals surface area contributed by atoms with Crippen LogP contribution in [-0.4, -0.2) is 52.6 Å². The van der Waals surface area contributed by atoms with Crippen molar-refractivity contribution < 1.29 is 38.8 Å². The molecule has 0 unspecified atom stereocenters. The first kappa shape index (κ1) is 34.0. The highest BCUT2D eigenvalue weighted by atomic mass is 16.6. The van der Waals surface area contributed by atoms with Crippen molar-refractivity contribution in [1.82, 2.24) is 5.32 Å². The molecule has 0 heterocycles. The van der Waals surface area contributed by atoms with Crippen LogP contribution in [0.25, 0.3) is 0 Å². The van der Waals surface area contributed by atoms with E-state index < -0.39 is 36.3 Å². The van der Waals surface area contributed by atoms with Crippen LogP contribution in [0, 0.1) is 0 Å². The smallest absolute Gasteiger partial charge is 0.408 e. The third kappa shape index (κ3) is 11.7. The Morgan fingerprint density at radius 3 is 1.62 bits per heavy atom. The summed E-state index contributed by atoms with van der Waals surface area (Å²) in [6, 6.07) is 25.9. The second-order valence-corrected chi connectivity index (χ2v) is 10.2. The molecule has 3 aromatic rings. The highest BCUT2D eigenvalue weighted by molar-refractivity contribution is 5.82. The topological polar surface area (TPSA) is 131 Å². The number of esters is 2. The highest BCUT2D eigenvalue weighted by Crippen LogP contribution is 2.20. The summed E-state index contributed by atoms with van der Waals surface area (Å²) in [6.07, 6.45) is -3.76. The lowest BCUT2D eigenvalue weighted by molar-refractivity contribution is -0.158. The summed E-state index contributed by atoms with van der Waals surface area (Å²) in [7, 11) is 0. The summed E-state index contributed by atoms with van der Waals surface area (Å²) >= 11 is 0. The van der Waals surface area contributed by atoms with Crippen LogP contribution >= 0.6 is 0 Å². The Balaban J connectivity index is 0.000000330. The Bertz CT molecular complexity index is 1220. The van der Waals surface area contributed by atoms with Gasteiger partial charge in [0.25, 0.3) is 0 Å². The van der Waals surface area contributed by atoms with Gasteiger partial charge in [-0.15, -0.1) is 0 Å². The van der Waals surface area contributed by atoms with Crippen molar-refractivity contribution in [3.63, 3.8) is 0 Å². The van der Waals surface area contributed by atoms with Gasteiger partial charge in [0.15, 0.2) is 12.1 Å². The molecule has 4 atom stereocenters. The Morgan fingerprint density at radius 1 is 0.667 bits per heavy atom. The number of hydrogen-bond acceptors (Lipinski definition) is 8. The summed E-state index contributed by atoms with van der Waals surface area (Å²) in [5.74, 6) is -1.55. The fraction of sp³-hybridized carbons (Fsp3) is 0.364. The predicted molar refractivity (Wildman–Crippen MR) is 158 cm³/mol. The maximum atomic E-state index is 12.3. The van der Waals surface area contributed by atoms with E-state index in [0.717, 1.165) is 11.1 Å². The Labute approximate surface area is 247 Å². The number of nitrogens with one attached hydrogen (secondary N) is 1. The van der Waals surface area contributed by atoms with E-state index in [0.29, 0.717) is 5.56 Å². The monoisotopic (exact) mass is 579 g/mol. The van der Waals surface area contributed by atoms with Crippen LogP contribution in [0.4, 0.5) is 4.79 Å². The number of carbonyl (C=O) groups excluding carboxylic acids is 3. The molecule has 3 N–H and O–H groups in total. The lowest BCUT2D eigenvalue weighted by Crippen LogP contribution is -2.46. The average molecular weight is 580 g/mol. The molecule has 0 bridgehead atoms. The van der Waals surface area contributed by atoms with Gasteiger partial charge in [-0.25, -0.2) is 14.4 Å². The van der Waals surface area contributed by atoms with Gasteiger partial charge in [0.2, 0.25) is 0 Å². The molecule has 0 saturated carbocycles. The minimum Gasteiger partial charge on any atom is -0.461 e. The van der Waals surface area contributed by atoms with Crippen molar-refractivity contribution in [1.29, 1.82) is 0 Å². The Morgan fingerprint density at radius 2 is 1.12 bits per heavy atom. The molecule has 0 aliphatic heterocycles. The SMILES string of the molecule is CC(C)OC(=O)[C@@H](NC(=O)OCc1ccccc1)[C@H](O)c1ccccc1.CC(C)OC(=O)[C@@H](O)[C@H](C)c1ccccc1. The van der Waals surface area contributed by atoms with Crippen LogP contribution in [0.5, 0.6) is 0 Å². The minimum atomic E-state index is -1.27. The molecule has 0 saturated heterocycles. The maximum Gasteiger partial charge on any atom is 0.408 e. The molecule has 9 nitrogen and oxygen atoms in total. The molecule has 226 valence electrons. The van der Waals surface area contributed by atoms with Gasteiger partial charge < -0.3 is 29.7 Å². The van der Waals surface area contributed by atoms with Gasteiger partial charge in [-0.1, -0.05) is 97.9 Å². The Hall–Kier alpha value is -4.21.